The highest BCUT2D eigenvalue weighted by atomic mass is 79.9. The van der Waals surface area contributed by atoms with E-state index in [1.54, 1.807) is 24.3 Å². The molecule has 1 aromatic carbocycles. The molecule has 2 bridgehead atoms. The van der Waals surface area contributed by atoms with E-state index >= 15 is 0 Å². The molecule has 1 aliphatic heterocycles. The van der Waals surface area contributed by atoms with Crippen molar-refractivity contribution >= 4 is 61.0 Å². The minimum absolute atomic E-state index is 0.0892. The van der Waals surface area contributed by atoms with Crippen LogP contribution in [0.25, 0.3) is 0 Å². The molecule has 1 aromatic rings. The highest BCUT2D eigenvalue weighted by Gasteiger charge is 2.66. The molecule has 7 heteroatoms. The Morgan fingerprint density at radius 2 is 1.54 bits per heavy atom. The van der Waals surface area contributed by atoms with Crippen LogP contribution in [-0.4, -0.2) is 27.4 Å². The maximum Gasteiger partial charge on any atom is 0.238 e. The van der Waals surface area contributed by atoms with Crippen LogP contribution in [0.5, 0.6) is 0 Å². The van der Waals surface area contributed by atoms with Gasteiger partial charge in [-0.3, -0.25) is 19.3 Å². The first kappa shape index (κ1) is 16.3. The number of hydrogen-bond acceptors (Lipinski definition) is 3. The van der Waals surface area contributed by atoms with Crippen molar-refractivity contribution < 1.29 is 14.4 Å². The van der Waals surface area contributed by atoms with Crippen LogP contribution in [0, 0.1) is 23.7 Å². The van der Waals surface area contributed by atoms with Crippen molar-refractivity contribution in [3.8, 4) is 0 Å². The number of alkyl halides is 2. The first-order chi connectivity index (χ1) is 11.4. The van der Waals surface area contributed by atoms with E-state index in [0.29, 0.717) is 11.4 Å². The van der Waals surface area contributed by atoms with Crippen LogP contribution in [0.15, 0.2) is 24.3 Å². The molecule has 126 valence electrons. The molecule has 0 aromatic heterocycles. The summed E-state index contributed by atoms with van der Waals surface area (Å²) in [5, 5.41) is 2.68. The van der Waals surface area contributed by atoms with Gasteiger partial charge in [-0.15, -0.1) is 0 Å². The fourth-order valence-electron chi connectivity index (χ4n) is 4.50. The van der Waals surface area contributed by atoms with Crippen LogP contribution in [0.3, 0.4) is 0 Å². The van der Waals surface area contributed by atoms with Gasteiger partial charge in [-0.2, -0.15) is 0 Å². The number of imide groups is 1. The van der Waals surface area contributed by atoms with E-state index in [1.165, 1.54) is 11.8 Å². The van der Waals surface area contributed by atoms with E-state index in [4.69, 9.17) is 0 Å². The van der Waals surface area contributed by atoms with E-state index in [-0.39, 0.29) is 51.0 Å². The van der Waals surface area contributed by atoms with E-state index in [2.05, 4.69) is 37.2 Å². The number of carbonyl (C=O) groups excluding carboxylic acids is 3. The van der Waals surface area contributed by atoms with Crippen LogP contribution in [0.2, 0.25) is 0 Å². The van der Waals surface area contributed by atoms with E-state index in [0.717, 1.165) is 6.42 Å². The van der Waals surface area contributed by atoms with Gasteiger partial charge in [0.25, 0.3) is 0 Å². The summed E-state index contributed by atoms with van der Waals surface area (Å²) in [6.07, 6.45) is 0.925. The lowest BCUT2D eigenvalue weighted by molar-refractivity contribution is -0.123. The molecule has 2 saturated carbocycles. The summed E-state index contributed by atoms with van der Waals surface area (Å²) in [5.41, 5.74) is 1.22. The molecule has 2 aliphatic carbocycles. The molecule has 3 aliphatic rings. The summed E-state index contributed by atoms with van der Waals surface area (Å²) >= 11 is 7.37. The zero-order chi connectivity index (χ0) is 17.2. The molecular formula is C17H16Br2N2O3. The molecule has 0 unspecified atom stereocenters. The largest absolute Gasteiger partial charge is 0.326 e. The van der Waals surface area contributed by atoms with Crippen LogP contribution in [0.4, 0.5) is 11.4 Å². The van der Waals surface area contributed by atoms with Gasteiger partial charge in [-0.1, -0.05) is 31.9 Å². The van der Waals surface area contributed by atoms with Crippen molar-refractivity contribution in [3.63, 3.8) is 0 Å². The lowest BCUT2D eigenvalue weighted by Gasteiger charge is -2.28. The van der Waals surface area contributed by atoms with Crippen molar-refractivity contribution in [3.05, 3.63) is 24.3 Å². The predicted octanol–water partition coefficient (Wildman–Crippen LogP) is 2.93. The van der Waals surface area contributed by atoms with Gasteiger partial charge in [-0.25, -0.2) is 0 Å². The van der Waals surface area contributed by atoms with Crippen molar-refractivity contribution in [1.29, 1.82) is 0 Å². The molecule has 24 heavy (non-hydrogen) atoms. The summed E-state index contributed by atoms with van der Waals surface area (Å²) in [5.74, 6) is -0.337. The van der Waals surface area contributed by atoms with Crippen LogP contribution < -0.4 is 10.2 Å². The fraction of sp³-hybridized carbons (Fsp3) is 0.471. The van der Waals surface area contributed by atoms with Crippen molar-refractivity contribution in [2.75, 3.05) is 10.2 Å². The van der Waals surface area contributed by atoms with Gasteiger partial charge in [0.1, 0.15) is 0 Å². The van der Waals surface area contributed by atoms with E-state index in [9.17, 15) is 14.4 Å². The molecule has 3 fully saturated rings. The third-order valence-corrected chi connectivity index (χ3v) is 8.64. The number of anilines is 2. The van der Waals surface area contributed by atoms with E-state index in [1.807, 2.05) is 0 Å². The number of hydrogen-bond donors (Lipinski definition) is 1. The van der Waals surface area contributed by atoms with Gasteiger partial charge in [-0.05, 0) is 42.5 Å². The maximum absolute atomic E-state index is 12.9. The van der Waals surface area contributed by atoms with Crippen molar-refractivity contribution in [2.24, 2.45) is 23.7 Å². The summed E-state index contributed by atoms with van der Waals surface area (Å²) < 4.78 is 0. The van der Waals surface area contributed by atoms with Gasteiger partial charge in [0.2, 0.25) is 17.7 Å². The summed E-state index contributed by atoms with van der Waals surface area (Å²) in [6.45, 7) is 1.44. The topological polar surface area (TPSA) is 66.5 Å². The first-order valence-corrected chi connectivity index (χ1v) is 9.77. The zero-order valence-corrected chi connectivity index (χ0v) is 16.1. The number of rotatable bonds is 2. The lowest BCUT2D eigenvalue weighted by Crippen LogP contribution is -2.37. The molecule has 1 saturated heterocycles. The number of amides is 3. The maximum atomic E-state index is 12.9. The number of benzene rings is 1. The Labute approximate surface area is 156 Å². The van der Waals surface area contributed by atoms with Gasteiger partial charge in [0, 0.05) is 22.3 Å². The minimum atomic E-state index is -0.212. The molecular weight excluding hydrogens is 440 g/mol. The summed E-state index contributed by atoms with van der Waals surface area (Å²) in [6, 6.07) is 6.84. The molecule has 5 nitrogen and oxygen atoms in total. The fourth-order valence-corrected chi connectivity index (χ4v) is 6.37. The second-order valence-corrected chi connectivity index (χ2v) is 8.86. The number of fused-ring (bicyclic) bond motifs is 5. The number of carbonyl (C=O) groups is 3. The molecule has 0 radical (unpaired) electrons. The summed E-state index contributed by atoms with van der Waals surface area (Å²) in [4.78, 5) is 38.7. The Balaban J connectivity index is 1.63. The minimum Gasteiger partial charge on any atom is -0.326 e. The second-order valence-electron chi connectivity index (χ2n) is 6.74. The van der Waals surface area contributed by atoms with Gasteiger partial charge in [0.05, 0.1) is 17.5 Å². The molecule has 0 spiro atoms. The Morgan fingerprint density at radius 1 is 1.04 bits per heavy atom. The molecule has 1 heterocycles. The Morgan fingerprint density at radius 3 is 2.00 bits per heavy atom. The molecule has 6 atom stereocenters. The van der Waals surface area contributed by atoms with Crippen molar-refractivity contribution in [2.45, 2.75) is 23.0 Å². The standard InChI is InChI=1S/C17H16Br2N2O3/c1-7(22)20-8-2-4-9(5-3-8)21-16(23)12-10-6-11(13(12)17(21)24)15(19)14(10)18/h2-5,10-15H,6H2,1H3,(H,20,22)/t10-,11-,12-,13+,14-,15+/m0/s1. The Bertz CT molecular complexity index is 704. The van der Waals surface area contributed by atoms with E-state index < -0.39 is 0 Å². The Kier molecular flexibility index (Phi) is 3.84. The monoisotopic (exact) mass is 454 g/mol. The Hall–Kier alpha value is -1.21. The van der Waals surface area contributed by atoms with Crippen LogP contribution in [0.1, 0.15) is 13.3 Å². The van der Waals surface area contributed by atoms with Crippen LogP contribution >= 0.6 is 31.9 Å². The van der Waals surface area contributed by atoms with Gasteiger partial charge < -0.3 is 5.32 Å². The highest BCUT2D eigenvalue weighted by Crippen LogP contribution is 2.60. The quantitative estimate of drug-likeness (QED) is 0.550. The van der Waals surface area contributed by atoms with Gasteiger partial charge >= 0.3 is 0 Å². The lowest BCUT2D eigenvalue weighted by atomic mass is 9.81. The summed E-state index contributed by atoms with van der Waals surface area (Å²) in [7, 11) is 0. The molecule has 4 rings (SSSR count). The number of nitrogens with one attached hydrogen (secondary N) is 1. The second kappa shape index (κ2) is 5.66. The average molecular weight is 456 g/mol. The number of halogens is 2. The smallest absolute Gasteiger partial charge is 0.238 e. The van der Waals surface area contributed by atoms with Gasteiger partial charge in [0.15, 0.2) is 0 Å². The van der Waals surface area contributed by atoms with Crippen molar-refractivity contribution in [1.82, 2.24) is 0 Å². The molecule has 1 N–H and O–H groups in total. The number of nitrogens with zero attached hydrogens (tertiary/aromatic N) is 1. The first-order valence-electron chi connectivity index (χ1n) is 7.93. The average Bonchev–Trinajstić information content (AvgIpc) is 3.13. The highest BCUT2D eigenvalue weighted by molar-refractivity contribution is 9.12. The molecule has 3 amide bonds. The normalized spacial score (nSPS) is 37.0. The third-order valence-electron chi connectivity index (χ3n) is 5.43. The zero-order valence-electron chi connectivity index (χ0n) is 12.9. The predicted molar refractivity (Wildman–Crippen MR) is 97.2 cm³/mol. The third kappa shape index (κ3) is 2.20. The van der Waals surface area contributed by atoms with Crippen LogP contribution in [-0.2, 0) is 14.4 Å². The SMILES string of the molecule is CC(=O)Nc1ccc(N2C(=O)[C@@H]3[C@@H]4C[C@H]([C@H](Br)[C@@H]4Br)[C@@H]3C2=O)cc1.